The summed E-state index contributed by atoms with van der Waals surface area (Å²) >= 11 is 0. The van der Waals surface area contributed by atoms with Crippen LogP contribution in [0.3, 0.4) is 0 Å². The van der Waals surface area contributed by atoms with Gasteiger partial charge in [-0.3, -0.25) is 19.3 Å². The number of benzene rings is 1. The Morgan fingerprint density at radius 2 is 1.96 bits per heavy atom. The second-order valence-corrected chi connectivity index (χ2v) is 6.10. The Balaban J connectivity index is 1.85. The molecule has 25 heavy (non-hydrogen) atoms. The molecule has 0 spiro atoms. The molecular formula is C18H22N2O5. The van der Waals surface area contributed by atoms with Crippen molar-refractivity contribution in [3.05, 3.63) is 34.9 Å². The van der Waals surface area contributed by atoms with Crippen LogP contribution < -0.4 is 5.32 Å². The lowest BCUT2D eigenvalue weighted by Crippen LogP contribution is -2.41. The fourth-order valence-electron chi connectivity index (χ4n) is 2.59. The van der Waals surface area contributed by atoms with Gasteiger partial charge in [0.1, 0.15) is 0 Å². The lowest BCUT2D eigenvalue weighted by Gasteiger charge is -2.18. The van der Waals surface area contributed by atoms with Gasteiger partial charge < -0.3 is 10.1 Å². The Bertz CT molecular complexity index is 713. The van der Waals surface area contributed by atoms with Gasteiger partial charge in [0.25, 0.3) is 5.91 Å². The van der Waals surface area contributed by atoms with E-state index in [0.717, 1.165) is 16.0 Å². The average molecular weight is 346 g/mol. The first-order valence-corrected chi connectivity index (χ1v) is 8.18. The maximum absolute atomic E-state index is 12.3. The van der Waals surface area contributed by atoms with Gasteiger partial charge in [0.2, 0.25) is 0 Å². The lowest BCUT2D eigenvalue weighted by atomic mass is 9.99. The monoisotopic (exact) mass is 346 g/mol. The molecule has 0 bridgehead atoms. The highest BCUT2D eigenvalue weighted by atomic mass is 16.5. The van der Waals surface area contributed by atoms with Crippen LogP contribution in [0.4, 0.5) is 4.79 Å². The van der Waals surface area contributed by atoms with E-state index in [-0.39, 0.29) is 25.2 Å². The molecule has 1 saturated heterocycles. The van der Waals surface area contributed by atoms with Crippen molar-refractivity contribution in [2.45, 2.75) is 39.7 Å². The standard InChI is InChI=1S/C18H22N2O5/c1-11-4-5-12(2)14(10-11)15(21)6-7-16(22)25-13(3)17(23)20-9-8-19-18(20)24/h4-5,10,13H,6-9H2,1-3H3,(H,19,24)/t13-/m0/s1. The molecule has 2 rings (SSSR count). The molecule has 1 fully saturated rings. The molecule has 1 N–H and O–H groups in total. The molecule has 0 unspecified atom stereocenters. The Labute approximate surface area is 146 Å². The zero-order valence-electron chi connectivity index (χ0n) is 14.6. The van der Waals surface area contributed by atoms with Crippen LogP contribution in [-0.4, -0.2) is 47.8 Å². The summed E-state index contributed by atoms with van der Waals surface area (Å²) in [5.41, 5.74) is 2.41. The first-order chi connectivity index (χ1) is 11.8. The number of ether oxygens (including phenoxy) is 1. The second-order valence-electron chi connectivity index (χ2n) is 6.10. The fraction of sp³-hybridized carbons (Fsp3) is 0.444. The molecule has 1 heterocycles. The number of hydrogen-bond donors (Lipinski definition) is 1. The van der Waals surface area contributed by atoms with Crippen molar-refractivity contribution in [1.29, 1.82) is 0 Å². The number of imide groups is 1. The number of ketones is 1. The number of rotatable bonds is 6. The summed E-state index contributed by atoms with van der Waals surface area (Å²) in [5, 5.41) is 2.51. The molecule has 3 amide bonds. The number of nitrogens with one attached hydrogen (secondary N) is 1. The fourth-order valence-corrected chi connectivity index (χ4v) is 2.59. The quantitative estimate of drug-likeness (QED) is 0.626. The van der Waals surface area contributed by atoms with Crippen molar-refractivity contribution in [2.75, 3.05) is 13.1 Å². The molecular weight excluding hydrogens is 324 g/mol. The third-order valence-corrected chi connectivity index (χ3v) is 4.03. The SMILES string of the molecule is Cc1ccc(C)c(C(=O)CCC(=O)O[C@@H](C)C(=O)N2CCNC2=O)c1. The molecule has 0 radical (unpaired) electrons. The zero-order valence-corrected chi connectivity index (χ0v) is 14.6. The van der Waals surface area contributed by atoms with Gasteiger partial charge in [-0.25, -0.2) is 4.79 Å². The Morgan fingerprint density at radius 3 is 2.60 bits per heavy atom. The van der Waals surface area contributed by atoms with Crippen molar-refractivity contribution in [2.24, 2.45) is 0 Å². The van der Waals surface area contributed by atoms with E-state index >= 15 is 0 Å². The van der Waals surface area contributed by atoms with Crippen LogP contribution in [0.2, 0.25) is 0 Å². The smallest absolute Gasteiger partial charge is 0.324 e. The number of urea groups is 1. The van der Waals surface area contributed by atoms with Gasteiger partial charge in [0.15, 0.2) is 11.9 Å². The highest BCUT2D eigenvalue weighted by Crippen LogP contribution is 2.14. The van der Waals surface area contributed by atoms with Crippen LogP contribution in [0.25, 0.3) is 0 Å². The number of Topliss-reactive ketones (excluding diaryl/α,β-unsaturated/α-hetero) is 1. The van der Waals surface area contributed by atoms with Crippen LogP contribution in [0, 0.1) is 13.8 Å². The van der Waals surface area contributed by atoms with E-state index in [4.69, 9.17) is 4.74 Å². The van der Waals surface area contributed by atoms with Gasteiger partial charge in [0.05, 0.1) is 6.42 Å². The molecule has 0 aliphatic carbocycles. The first-order valence-electron chi connectivity index (χ1n) is 8.18. The molecule has 7 nitrogen and oxygen atoms in total. The van der Waals surface area contributed by atoms with Gasteiger partial charge in [-0.05, 0) is 32.4 Å². The number of carbonyl (C=O) groups is 4. The van der Waals surface area contributed by atoms with Crippen molar-refractivity contribution in [3.8, 4) is 0 Å². The summed E-state index contributed by atoms with van der Waals surface area (Å²) in [7, 11) is 0. The van der Waals surface area contributed by atoms with Gasteiger partial charge in [-0.2, -0.15) is 0 Å². The van der Waals surface area contributed by atoms with Crippen molar-refractivity contribution in [3.63, 3.8) is 0 Å². The van der Waals surface area contributed by atoms with Crippen molar-refractivity contribution < 1.29 is 23.9 Å². The summed E-state index contributed by atoms with van der Waals surface area (Å²) in [6.07, 6.45) is -1.17. The Morgan fingerprint density at radius 1 is 1.24 bits per heavy atom. The molecule has 1 aromatic rings. The third kappa shape index (κ3) is 4.65. The van der Waals surface area contributed by atoms with Gasteiger partial charge in [0, 0.05) is 25.1 Å². The minimum Gasteiger partial charge on any atom is -0.453 e. The third-order valence-electron chi connectivity index (χ3n) is 4.03. The van der Waals surface area contributed by atoms with Crippen molar-refractivity contribution in [1.82, 2.24) is 10.2 Å². The van der Waals surface area contributed by atoms with E-state index in [9.17, 15) is 19.2 Å². The lowest BCUT2D eigenvalue weighted by molar-refractivity contribution is -0.157. The number of amides is 3. The minimum absolute atomic E-state index is 0.00817. The van der Waals surface area contributed by atoms with Crippen LogP contribution in [0.15, 0.2) is 18.2 Å². The van der Waals surface area contributed by atoms with Gasteiger partial charge >= 0.3 is 12.0 Å². The molecule has 1 atom stereocenters. The van der Waals surface area contributed by atoms with Crippen LogP contribution in [0.5, 0.6) is 0 Å². The van der Waals surface area contributed by atoms with E-state index in [1.165, 1.54) is 6.92 Å². The van der Waals surface area contributed by atoms with Crippen LogP contribution in [-0.2, 0) is 14.3 Å². The number of hydrogen-bond acceptors (Lipinski definition) is 5. The predicted molar refractivity (Wildman–Crippen MR) is 90.1 cm³/mol. The van der Waals surface area contributed by atoms with E-state index in [1.54, 1.807) is 6.07 Å². The number of aryl methyl sites for hydroxylation is 2. The summed E-state index contributed by atoms with van der Waals surface area (Å²) in [6, 6.07) is 5.09. The highest BCUT2D eigenvalue weighted by Gasteiger charge is 2.31. The molecule has 7 heteroatoms. The number of esters is 1. The second kappa shape index (κ2) is 7.92. The molecule has 1 aliphatic heterocycles. The number of nitrogens with zero attached hydrogens (tertiary/aromatic N) is 1. The maximum atomic E-state index is 12.3. The largest absolute Gasteiger partial charge is 0.453 e. The molecule has 1 aromatic carbocycles. The van der Waals surface area contributed by atoms with E-state index in [0.29, 0.717) is 12.1 Å². The molecule has 1 aliphatic rings. The molecule has 134 valence electrons. The topological polar surface area (TPSA) is 92.8 Å². The summed E-state index contributed by atoms with van der Waals surface area (Å²) in [6.45, 7) is 5.79. The van der Waals surface area contributed by atoms with Crippen molar-refractivity contribution >= 4 is 23.7 Å². The first kappa shape index (κ1) is 18.6. The zero-order chi connectivity index (χ0) is 18.6. The van der Waals surface area contributed by atoms with Crippen LogP contribution >= 0.6 is 0 Å². The highest BCUT2D eigenvalue weighted by molar-refractivity contribution is 6.00. The normalized spacial score (nSPS) is 14.8. The van der Waals surface area contributed by atoms with Gasteiger partial charge in [-0.15, -0.1) is 0 Å². The van der Waals surface area contributed by atoms with Gasteiger partial charge in [-0.1, -0.05) is 17.7 Å². The Hall–Kier alpha value is -2.70. The maximum Gasteiger partial charge on any atom is 0.324 e. The molecule has 0 aromatic heterocycles. The summed E-state index contributed by atoms with van der Waals surface area (Å²) < 4.78 is 5.05. The average Bonchev–Trinajstić information content (AvgIpc) is 3.00. The number of carbonyl (C=O) groups excluding carboxylic acids is 4. The van der Waals surface area contributed by atoms with E-state index < -0.39 is 24.0 Å². The van der Waals surface area contributed by atoms with E-state index in [1.807, 2.05) is 26.0 Å². The Kier molecular flexibility index (Phi) is 5.90. The molecule has 0 saturated carbocycles. The predicted octanol–water partition coefficient (Wildman–Crippen LogP) is 1.75. The van der Waals surface area contributed by atoms with Crippen LogP contribution in [0.1, 0.15) is 41.3 Å². The summed E-state index contributed by atoms with van der Waals surface area (Å²) in [5.74, 6) is -1.35. The summed E-state index contributed by atoms with van der Waals surface area (Å²) in [4.78, 5) is 48.7. The van der Waals surface area contributed by atoms with E-state index in [2.05, 4.69) is 5.32 Å². The minimum atomic E-state index is -1.06.